The number of aromatic nitrogens is 2. The normalized spacial score (nSPS) is 17.4. The molecule has 2 aromatic rings. The van der Waals surface area contributed by atoms with Crippen LogP contribution in [0.1, 0.15) is 24.4 Å². The van der Waals surface area contributed by atoms with Gasteiger partial charge in [0.15, 0.2) is 0 Å². The quantitative estimate of drug-likeness (QED) is 0.926. The molecule has 0 amide bonds. The molecule has 0 atom stereocenters. The molecule has 0 saturated heterocycles. The summed E-state index contributed by atoms with van der Waals surface area (Å²) in [6.07, 6.45) is 2.22. The lowest BCUT2D eigenvalue weighted by Crippen LogP contribution is -2.23. The average Bonchev–Trinajstić information content (AvgIpc) is 3.11. The highest BCUT2D eigenvalue weighted by Gasteiger charge is 2.46. The number of rotatable bonds is 2. The van der Waals surface area contributed by atoms with Crippen molar-refractivity contribution in [3.8, 4) is 0 Å². The van der Waals surface area contributed by atoms with Crippen LogP contribution in [-0.2, 0) is 5.41 Å². The van der Waals surface area contributed by atoms with Crippen molar-refractivity contribution in [1.29, 1.82) is 0 Å². The lowest BCUT2D eigenvalue weighted by molar-refractivity contribution is 0.650. The molecule has 1 aromatic carbocycles. The number of para-hydroxylation sites is 1. The zero-order chi connectivity index (χ0) is 12.0. The molecule has 4 heteroatoms. The molecule has 0 radical (unpaired) electrons. The van der Waals surface area contributed by atoms with Crippen LogP contribution in [0.15, 0.2) is 22.7 Å². The van der Waals surface area contributed by atoms with Gasteiger partial charge >= 0.3 is 0 Å². The molecule has 0 spiro atoms. The Bertz CT molecular complexity index is 590. The van der Waals surface area contributed by atoms with Gasteiger partial charge in [0.25, 0.3) is 0 Å². The summed E-state index contributed by atoms with van der Waals surface area (Å²) < 4.78 is 1.02. The molecule has 0 bridgehead atoms. The summed E-state index contributed by atoms with van der Waals surface area (Å²) in [6.45, 7) is 2.68. The SMILES string of the molecule is Cc1nc(C2(CN)CC2)nc2c(Br)cccc12. The maximum Gasteiger partial charge on any atom is 0.136 e. The van der Waals surface area contributed by atoms with Crippen LogP contribution in [0.5, 0.6) is 0 Å². The summed E-state index contributed by atoms with van der Waals surface area (Å²) >= 11 is 3.55. The van der Waals surface area contributed by atoms with Crippen LogP contribution in [0.4, 0.5) is 0 Å². The molecule has 1 aliphatic carbocycles. The van der Waals surface area contributed by atoms with Crippen molar-refractivity contribution in [3.63, 3.8) is 0 Å². The van der Waals surface area contributed by atoms with Crippen LogP contribution in [0.2, 0.25) is 0 Å². The van der Waals surface area contributed by atoms with Gasteiger partial charge in [-0.15, -0.1) is 0 Å². The first-order chi connectivity index (χ1) is 8.16. The number of benzene rings is 1. The highest BCUT2D eigenvalue weighted by molar-refractivity contribution is 9.10. The molecular weight excluding hydrogens is 278 g/mol. The molecule has 1 aliphatic rings. The fourth-order valence-corrected chi connectivity index (χ4v) is 2.63. The van der Waals surface area contributed by atoms with Crippen molar-refractivity contribution < 1.29 is 0 Å². The number of fused-ring (bicyclic) bond motifs is 1. The molecule has 3 nitrogen and oxygen atoms in total. The standard InChI is InChI=1S/C13H14BrN3/c1-8-9-3-2-4-10(14)11(9)17-12(16-8)13(7-15)5-6-13/h2-4H,5-7,15H2,1H3. The Labute approximate surface area is 109 Å². The Morgan fingerprint density at radius 3 is 2.76 bits per heavy atom. The minimum absolute atomic E-state index is 0.0498. The molecule has 0 aliphatic heterocycles. The van der Waals surface area contributed by atoms with Crippen molar-refractivity contribution in [2.45, 2.75) is 25.2 Å². The highest BCUT2D eigenvalue weighted by Crippen LogP contribution is 2.46. The van der Waals surface area contributed by atoms with Gasteiger partial charge in [-0.05, 0) is 41.8 Å². The van der Waals surface area contributed by atoms with Gasteiger partial charge in [-0.3, -0.25) is 0 Å². The number of hydrogen-bond acceptors (Lipinski definition) is 3. The van der Waals surface area contributed by atoms with Crippen LogP contribution in [0, 0.1) is 6.92 Å². The van der Waals surface area contributed by atoms with E-state index in [1.54, 1.807) is 0 Å². The van der Waals surface area contributed by atoms with Gasteiger partial charge in [0.05, 0.1) is 5.52 Å². The highest BCUT2D eigenvalue weighted by atomic mass is 79.9. The fourth-order valence-electron chi connectivity index (χ4n) is 2.18. The van der Waals surface area contributed by atoms with E-state index in [1.807, 2.05) is 19.1 Å². The van der Waals surface area contributed by atoms with E-state index in [1.165, 1.54) is 0 Å². The van der Waals surface area contributed by atoms with Crippen molar-refractivity contribution in [3.05, 3.63) is 34.2 Å². The third-order valence-electron chi connectivity index (χ3n) is 3.59. The minimum Gasteiger partial charge on any atom is -0.329 e. The molecule has 1 fully saturated rings. The Kier molecular flexibility index (Phi) is 2.45. The summed E-state index contributed by atoms with van der Waals surface area (Å²) in [5, 5.41) is 1.11. The third kappa shape index (κ3) is 1.67. The van der Waals surface area contributed by atoms with E-state index in [0.717, 1.165) is 39.7 Å². The van der Waals surface area contributed by atoms with Gasteiger partial charge in [0, 0.05) is 27.5 Å². The van der Waals surface area contributed by atoms with E-state index >= 15 is 0 Å². The predicted molar refractivity (Wildman–Crippen MR) is 71.9 cm³/mol. The molecule has 1 aromatic heterocycles. The lowest BCUT2D eigenvalue weighted by Gasteiger charge is -2.13. The summed E-state index contributed by atoms with van der Waals surface area (Å²) in [5.41, 5.74) is 7.92. The van der Waals surface area contributed by atoms with Crippen LogP contribution in [-0.4, -0.2) is 16.5 Å². The number of nitrogens with zero attached hydrogens (tertiary/aromatic N) is 2. The van der Waals surface area contributed by atoms with E-state index < -0.39 is 0 Å². The first-order valence-electron chi connectivity index (χ1n) is 5.80. The van der Waals surface area contributed by atoms with Gasteiger partial charge in [-0.25, -0.2) is 9.97 Å². The molecule has 17 heavy (non-hydrogen) atoms. The summed E-state index contributed by atoms with van der Waals surface area (Å²) in [4.78, 5) is 9.34. The Morgan fingerprint density at radius 2 is 2.12 bits per heavy atom. The molecule has 1 saturated carbocycles. The topological polar surface area (TPSA) is 51.8 Å². The van der Waals surface area contributed by atoms with E-state index in [0.29, 0.717) is 6.54 Å². The van der Waals surface area contributed by atoms with Crippen molar-refractivity contribution >= 4 is 26.8 Å². The summed E-state index contributed by atoms with van der Waals surface area (Å²) in [5.74, 6) is 0.914. The largest absolute Gasteiger partial charge is 0.329 e. The fraction of sp³-hybridized carbons (Fsp3) is 0.385. The van der Waals surface area contributed by atoms with Crippen molar-refractivity contribution in [1.82, 2.24) is 9.97 Å². The first-order valence-corrected chi connectivity index (χ1v) is 6.59. The van der Waals surface area contributed by atoms with E-state index in [-0.39, 0.29) is 5.41 Å². The zero-order valence-corrected chi connectivity index (χ0v) is 11.3. The minimum atomic E-state index is 0.0498. The van der Waals surface area contributed by atoms with Gasteiger partial charge in [-0.1, -0.05) is 12.1 Å². The van der Waals surface area contributed by atoms with E-state index in [2.05, 4.69) is 27.0 Å². The van der Waals surface area contributed by atoms with Crippen LogP contribution in [0.3, 0.4) is 0 Å². The second-order valence-electron chi connectivity index (χ2n) is 4.75. The Hall–Kier alpha value is -1.00. The predicted octanol–water partition coefficient (Wildman–Crippen LogP) is 2.69. The second kappa shape index (κ2) is 3.75. The monoisotopic (exact) mass is 291 g/mol. The van der Waals surface area contributed by atoms with Crippen LogP contribution in [0.25, 0.3) is 10.9 Å². The summed E-state index contributed by atoms with van der Waals surface area (Å²) in [6, 6.07) is 6.08. The number of aryl methyl sites for hydroxylation is 1. The molecular formula is C13H14BrN3. The van der Waals surface area contributed by atoms with Gasteiger partial charge in [0.1, 0.15) is 5.82 Å². The number of hydrogen-bond donors (Lipinski definition) is 1. The second-order valence-corrected chi connectivity index (χ2v) is 5.61. The molecule has 88 valence electrons. The van der Waals surface area contributed by atoms with Crippen LogP contribution >= 0.6 is 15.9 Å². The average molecular weight is 292 g/mol. The smallest absolute Gasteiger partial charge is 0.136 e. The molecule has 2 N–H and O–H groups in total. The summed E-state index contributed by atoms with van der Waals surface area (Å²) in [7, 11) is 0. The van der Waals surface area contributed by atoms with Gasteiger partial charge < -0.3 is 5.73 Å². The number of nitrogens with two attached hydrogens (primary N) is 1. The van der Waals surface area contributed by atoms with Crippen LogP contribution < -0.4 is 5.73 Å². The molecule has 0 unspecified atom stereocenters. The Balaban J connectivity index is 2.27. The number of halogens is 1. The van der Waals surface area contributed by atoms with Crippen molar-refractivity contribution in [2.24, 2.45) is 5.73 Å². The van der Waals surface area contributed by atoms with Gasteiger partial charge in [-0.2, -0.15) is 0 Å². The molecule has 1 heterocycles. The molecule has 3 rings (SSSR count). The first kappa shape index (κ1) is 11.1. The van der Waals surface area contributed by atoms with Crippen molar-refractivity contribution in [2.75, 3.05) is 6.54 Å². The maximum atomic E-state index is 5.84. The van der Waals surface area contributed by atoms with E-state index in [4.69, 9.17) is 10.7 Å². The van der Waals surface area contributed by atoms with E-state index in [9.17, 15) is 0 Å². The maximum absolute atomic E-state index is 5.84. The van der Waals surface area contributed by atoms with Gasteiger partial charge in [0.2, 0.25) is 0 Å². The Morgan fingerprint density at radius 1 is 1.35 bits per heavy atom. The zero-order valence-electron chi connectivity index (χ0n) is 9.70. The lowest BCUT2D eigenvalue weighted by atomic mass is 10.1. The third-order valence-corrected chi connectivity index (χ3v) is 4.23.